The molecule has 27 heavy (non-hydrogen) atoms. The molecule has 2 atom stereocenters. The van der Waals surface area contributed by atoms with E-state index in [0.29, 0.717) is 24.7 Å². The first kappa shape index (κ1) is 25.9. The van der Waals surface area contributed by atoms with Crippen LogP contribution in [-0.4, -0.2) is 22.2 Å². The van der Waals surface area contributed by atoms with Crippen molar-refractivity contribution in [1.82, 2.24) is 0 Å². The van der Waals surface area contributed by atoms with Gasteiger partial charge in [0.1, 0.15) is 0 Å². The molecule has 0 aromatic carbocycles. The molecule has 0 fully saturated rings. The molecule has 0 aromatic heterocycles. The van der Waals surface area contributed by atoms with Crippen LogP contribution in [0.15, 0.2) is 0 Å². The van der Waals surface area contributed by atoms with Crippen LogP contribution in [0.1, 0.15) is 118 Å². The van der Waals surface area contributed by atoms with E-state index in [-0.39, 0.29) is 18.3 Å². The predicted molar refractivity (Wildman–Crippen MR) is 112 cm³/mol. The first-order chi connectivity index (χ1) is 12.8. The molecule has 0 bridgehead atoms. The quantitative estimate of drug-likeness (QED) is 0.269. The van der Waals surface area contributed by atoms with Crippen LogP contribution >= 0.6 is 0 Å². The molecule has 0 rings (SSSR count). The van der Waals surface area contributed by atoms with Gasteiger partial charge in [0.05, 0.1) is 0 Å². The van der Waals surface area contributed by atoms with Crippen LogP contribution < -0.4 is 0 Å². The lowest BCUT2D eigenvalue weighted by molar-refractivity contribution is -0.138. The molecular formula is C23H44O4. The molecule has 4 heteroatoms. The molecule has 2 N–H and O–H groups in total. The van der Waals surface area contributed by atoms with Gasteiger partial charge in [0.15, 0.2) is 0 Å². The summed E-state index contributed by atoms with van der Waals surface area (Å²) in [6.07, 6.45) is 12.7. The van der Waals surface area contributed by atoms with E-state index in [0.717, 1.165) is 25.7 Å². The van der Waals surface area contributed by atoms with Gasteiger partial charge in [-0.05, 0) is 42.9 Å². The van der Waals surface area contributed by atoms with Crippen LogP contribution in [0.5, 0.6) is 0 Å². The number of carbonyl (C=O) groups is 2. The van der Waals surface area contributed by atoms with Crippen molar-refractivity contribution in [3.05, 3.63) is 0 Å². The Balaban J connectivity index is 5.51. The molecular weight excluding hydrogens is 340 g/mol. The third kappa shape index (κ3) is 12.1. The Morgan fingerprint density at radius 3 is 1.37 bits per heavy atom. The Kier molecular flexibility index (Phi) is 14.3. The third-order valence-corrected chi connectivity index (χ3v) is 6.27. The summed E-state index contributed by atoms with van der Waals surface area (Å²) in [5, 5.41) is 18.6. The van der Waals surface area contributed by atoms with Crippen LogP contribution in [0.4, 0.5) is 0 Å². The monoisotopic (exact) mass is 384 g/mol. The molecule has 0 saturated carbocycles. The average molecular weight is 385 g/mol. The third-order valence-electron chi connectivity index (χ3n) is 6.27. The number of carboxylic acids is 2. The number of hydrogen-bond donors (Lipinski definition) is 2. The SMILES string of the molecule is CCCCC(CC)CC(CCC(=O)O)(CCC(=O)O)CC(CC)CCCC. The Morgan fingerprint density at radius 1 is 0.741 bits per heavy atom. The molecule has 0 saturated heterocycles. The summed E-state index contributed by atoms with van der Waals surface area (Å²) in [5.74, 6) is -0.400. The largest absolute Gasteiger partial charge is 0.481 e. The predicted octanol–water partition coefficient (Wildman–Crippen LogP) is 6.92. The Labute approximate surface area is 167 Å². The Morgan fingerprint density at radius 2 is 1.11 bits per heavy atom. The summed E-state index contributed by atoms with van der Waals surface area (Å²) in [7, 11) is 0. The molecule has 0 aliphatic heterocycles. The van der Waals surface area contributed by atoms with Gasteiger partial charge in [-0.25, -0.2) is 0 Å². The van der Waals surface area contributed by atoms with E-state index in [1.807, 2.05) is 0 Å². The minimum Gasteiger partial charge on any atom is -0.481 e. The molecule has 0 aliphatic rings. The zero-order valence-electron chi connectivity index (χ0n) is 18.3. The van der Waals surface area contributed by atoms with Gasteiger partial charge in [-0.2, -0.15) is 0 Å². The second-order valence-electron chi connectivity index (χ2n) is 8.53. The zero-order chi connectivity index (χ0) is 20.7. The van der Waals surface area contributed by atoms with Gasteiger partial charge in [-0.15, -0.1) is 0 Å². The highest BCUT2D eigenvalue weighted by Crippen LogP contribution is 2.45. The number of hydrogen-bond acceptors (Lipinski definition) is 2. The average Bonchev–Trinajstić information content (AvgIpc) is 2.64. The van der Waals surface area contributed by atoms with Crippen molar-refractivity contribution in [3.8, 4) is 0 Å². The van der Waals surface area contributed by atoms with E-state index in [1.54, 1.807) is 0 Å². The molecule has 160 valence electrons. The number of rotatable bonds is 18. The van der Waals surface area contributed by atoms with Crippen LogP contribution in [0.3, 0.4) is 0 Å². The topological polar surface area (TPSA) is 74.6 Å². The van der Waals surface area contributed by atoms with Crippen molar-refractivity contribution in [1.29, 1.82) is 0 Å². The molecule has 2 unspecified atom stereocenters. The molecule has 4 nitrogen and oxygen atoms in total. The van der Waals surface area contributed by atoms with Gasteiger partial charge in [0, 0.05) is 12.8 Å². The van der Waals surface area contributed by atoms with E-state index in [4.69, 9.17) is 0 Å². The van der Waals surface area contributed by atoms with Crippen molar-refractivity contribution in [2.24, 2.45) is 17.3 Å². The van der Waals surface area contributed by atoms with Crippen molar-refractivity contribution >= 4 is 11.9 Å². The highest BCUT2D eigenvalue weighted by Gasteiger charge is 2.35. The molecule has 0 aliphatic carbocycles. The van der Waals surface area contributed by atoms with Gasteiger partial charge >= 0.3 is 11.9 Å². The van der Waals surface area contributed by atoms with Crippen LogP contribution in [0, 0.1) is 17.3 Å². The van der Waals surface area contributed by atoms with E-state index >= 15 is 0 Å². The van der Waals surface area contributed by atoms with Crippen molar-refractivity contribution < 1.29 is 19.8 Å². The Hall–Kier alpha value is -1.06. The number of carboxylic acid groups (broad SMARTS) is 2. The standard InChI is InChI=1S/C23H44O4/c1-5-9-11-19(7-3)17-23(15-13-21(24)25,16-14-22(26)27)18-20(8-4)12-10-6-2/h19-20H,5-18H2,1-4H3,(H,24,25)(H,26,27). The highest BCUT2D eigenvalue weighted by molar-refractivity contribution is 5.67. The second-order valence-corrected chi connectivity index (χ2v) is 8.53. The fraction of sp³-hybridized carbons (Fsp3) is 0.913. The second kappa shape index (κ2) is 14.9. The van der Waals surface area contributed by atoms with Crippen LogP contribution in [-0.2, 0) is 9.59 Å². The Bertz CT molecular complexity index is 367. The number of unbranched alkanes of at least 4 members (excludes halogenated alkanes) is 2. The van der Waals surface area contributed by atoms with Crippen LogP contribution in [0.2, 0.25) is 0 Å². The molecule has 0 radical (unpaired) electrons. The maximum atomic E-state index is 11.3. The first-order valence-corrected chi connectivity index (χ1v) is 11.3. The van der Waals surface area contributed by atoms with E-state index in [1.165, 1.54) is 38.5 Å². The van der Waals surface area contributed by atoms with E-state index in [9.17, 15) is 19.8 Å². The smallest absolute Gasteiger partial charge is 0.303 e. The lowest BCUT2D eigenvalue weighted by atomic mass is 9.65. The summed E-state index contributed by atoms with van der Waals surface area (Å²) < 4.78 is 0. The van der Waals surface area contributed by atoms with Gasteiger partial charge in [0.25, 0.3) is 0 Å². The fourth-order valence-electron chi connectivity index (χ4n) is 4.47. The van der Waals surface area contributed by atoms with Gasteiger partial charge in [-0.3, -0.25) is 9.59 Å². The van der Waals surface area contributed by atoms with Gasteiger partial charge < -0.3 is 10.2 Å². The summed E-state index contributed by atoms with van der Waals surface area (Å²) in [6, 6.07) is 0. The van der Waals surface area contributed by atoms with E-state index in [2.05, 4.69) is 27.7 Å². The lowest BCUT2D eigenvalue weighted by Gasteiger charge is -2.39. The zero-order valence-corrected chi connectivity index (χ0v) is 18.3. The van der Waals surface area contributed by atoms with Crippen molar-refractivity contribution in [3.63, 3.8) is 0 Å². The normalized spacial score (nSPS) is 14.1. The summed E-state index contributed by atoms with van der Waals surface area (Å²) >= 11 is 0. The van der Waals surface area contributed by atoms with Crippen molar-refractivity contribution in [2.75, 3.05) is 0 Å². The maximum absolute atomic E-state index is 11.3. The summed E-state index contributed by atoms with van der Waals surface area (Å²) in [5.41, 5.74) is -0.153. The highest BCUT2D eigenvalue weighted by atomic mass is 16.4. The fourth-order valence-corrected chi connectivity index (χ4v) is 4.47. The number of aliphatic carboxylic acids is 2. The molecule has 0 aromatic rings. The maximum Gasteiger partial charge on any atom is 0.303 e. The molecule has 0 spiro atoms. The van der Waals surface area contributed by atoms with Gasteiger partial charge in [-0.1, -0.05) is 79.1 Å². The molecule has 0 amide bonds. The minimum absolute atomic E-state index is 0.147. The minimum atomic E-state index is -0.766. The first-order valence-electron chi connectivity index (χ1n) is 11.3. The van der Waals surface area contributed by atoms with E-state index < -0.39 is 11.9 Å². The summed E-state index contributed by atoms with van der Waals surface area (Å²) in [6.45, 7) is 8.83. The summed E-state index contributed by atoms with van der Waals surface area (Å²) in [4.78, 5) is 22.6. The van der Waals surface area contributed by atoms with Crippen LogP contribution in [0.25, 0.3) is 0 Å². The van der Waals surface area contributed by atoms with Crippen molar-refractivity contribution in [2.45, 2.75) is 118 Å². The molecule has 0 heterocycles. The lowest BCUT2D eigenvalue weighted by Crippen LogP contribution is -2.29. The van der Waals surface area contributed by atoms with Gasteiger partial charge in [0.2, 0.25) is 0 Å².